The van der Waals surface area contributed by atoms with Gasteiger partial charge in [-0.05, 0) is 42.0 Å². The molecule has 1 aromatic carbocycles. The van der Waals surface area contributed by atoms with Crippen LogP contribution >= 0.6 is 11.6 Å². The third kappa shape index (κ3) is 3.86. The molecule has 0 aromatic heterocycles. The second-order valence-corrected chi connectivity index (χ2v) is 4.61. The maximum absolute atomic E-state index is 10.6. The number of hydrogen-bond acceptors (Lipinski definition) is 1. The van der Waals surface area contributed by atoms with Gasteiger partial charge in [0.1, 0.15) is 0 Å². The molecular formula is C13H17ClO2. The minimum absolute atomic E-state index is 0.156. The van der Waals surface area contributed by atoms with Crippen molar-refractivity contribution in [3.05, 3.63) is 34.3 Å². The molecule has 0 heterocycles. The standard InChI is InChI=1S/C13H17ClO2/c1-3-10-8-12(14)5-4-11(10)6-9(2)7-13(15)16/h4-5,8-9H,3,6-7H2,1-2H3,(H,15,16). The van der Waals surface area contributed by atoms with Crippen molar-refractivity contribution < 1.29 is 9.90 Å². The molecule has 0 saturated carbocycles. The predicted molar refractivity (Wildman–Crippen MR) is 66.0 cm³/mol. The van der Waals surface area contributed by atoms with Gasteiger partial charge in [-0.25, -0.2) is 0 Å². The van der Waals surface area contributed by atoms with Crippen molar-refractivity contribution in [2.75, 3.05) is 0 Å². The normalized spacial score (nSPS) is 12.4. The van der Waals surface area contributed by atoms with E-state index in [9.17, 15) is 4.79 Å². The Labute approximate surface area is 101 Å². The first-order valence-electron chi connectivity index (χ1n) is 5.52. The third-order valence-electron chi connectivity index (χ3n) is 2.64. The first-order valence-corrected chi connectivity index (χ1v) is 5.89. The van der Waals surface area contributed by atoms with Gasteiger partial charge in [0.25, 0.3) is 0 Å². The highest BCUT2D eigenvalue weighted by molar-refractivity contribution is 6.30. The molecule has 2 nitrogen and oxygen atoms in total. The average Bonchev–Trinajstić information content (AvgIpc) is 2.19. The molecule has 1 unspecified atom stereocenters. The van der Waals surface area contributed by atoms with E-state index in [0.29, 0.717) is 0 Å². The van der Waals surface area contributed by atoms with Crippen LogP contribution in [0.15, 0.2) is 18.2 Å². The third-order valence-corrected chi connectivity index (χ3v) is 2.88. The van der Waals surface area contributed by atoms with Crippen LogP contribution < -0.4 is 0 Å². The number of hydrogen-bond donors (Lipinski definition) is 1. The van der Waals surface area contributed by atoms with Crippen molar-refractivity contribution in [3.8, 4) is 0 Å². The molecule has 1 rings (SSSR count). The van der Waals surface area contributed by atoms with E-state index in [4.69, 9.17) is 16.7 Å². The lowest BCUT2D eigenvalue weighted by Gasteiger charge is -2.12. The summed E-state index contributed by atoms with van der Waals surface area (Å²) >= 11 is 5.92. The minimum Gasteiger partial charge on any atom is -0.481 e. The zero-order valence-electron chi connectivity index (χ0n) is 9.66. The summed E-state index contributed by atoms with van der Waals surface area (Å²) in [6, 6.07) is 5.83. The van der Waals surface area contributed by atoms with Crippen molar-refractivity contribution in [2.45, 2.75) is 33.1 Å². The summed E-state index contributed by atoms with van der Waals surface area (Å²) in [7, 11) is 0. The van der Waals surface area contributed by atoms with E-state index in [-0.39, 0.29) is 12.3 Å². The van der Waals surface area contributed by atoms with Gasteiger partial charge in [0.05, 0.1) is 0 Å². The lowest BCUT2D eigenvalue weighted by Crippen LogP contribution is -2.08. The van der Waals surface area contributed by atoms with Gasteiger partial charge < -0.3 is 5.11 Å². The summed E-state index contributed by atoms with van der Waals surface area (Å²) in [5.74, 6) is -0.580. The molecular weight excluding hydrogens is 224 g/mol. The van der Waals surface area contributed by atoms with Gasteiger partial charge in [0.2, 0.25) is 0 Å². The molecule has 0 saturated heterocycles. The fraction of sp³-hybridized carbons (Fsp3) is 0.462. The van der Waals surface area contributed by atoms with Crippen molar-refractivity contribution >= 4 is 17.6 Å². The Bertz CT molecular complexity index is 374. The topological polar surface area (TPSA) is 37.3 Å². The van der Waals surface area contributed by atoms with Crippen LogP contribution in [-0.2, 0) is 17.6 Å². The maximum Gasteiger partial charge on any atom is 0.303 e. The van der Waals surface area contributed by atoms with E-state index >= 15 is 0 Å². The Hall–Kier alpha value is -1.02. The second-order valence-electron chi connectivity index (χ2n) is 4.17. The van der Waals surface area contributed by atoms with E-state index in [0.717, 1.165) is 17.9 Å². The number of benzene rings is 1. The lowest BCUT2D eigenvalue weighted by atomic mass is 9.94. The summed E-state index contributed by atoms with van der Waals surface area (Å²) in [5, 5.41) is 9.45. The zero-order chi connectivity index (χ0) is 12.1. The SMILES string of the molecule is CCc1cc(Cl)ccc1CC(C)CC(=O)O. The van der Waals surface area contributed by atoms with Crippen LogP contribution in [0, 0.1) is 5.92 Å². The number of rotatable bonds is 5. The molecule has 0 aliphatic heterocycles. The Kier molecular flexibility index (Phi) is 4.81. The van der Waals surface area contributed by atoms with Crippen LogP contribution in [0.25, 0.3) is 0 Å². The molecule has 0 fully saturated rings. The fourth-order valence-corrected chi connectivity index (χ4v) is 2.06. The first kappa shape index (κ1) is 13.0. The zero-order valence-corrected chi connectivity index (χ0v) is 10.4. The van der Waals surface area contributed by atoms with E-state index in [1.54, 1.807) is 0 Å². The molecule has 0 spiro atoms. The first-order chi connectivity index (χ1) is 7.52. The molecule has 1 aromatic rings. The Morgan fingerprint density at radius 3 is 2.69 bits per heavy atom. The Morgan fingerprint density at radius 2 is 2.12 bits per heavy atom. The largest absolute Gasteiger partial charge is 0.481 e. The minimum atomic E-state index is -0.737. The van der Waals surface area contributed by atoms with Crippen molar-refractivity contribution in [1.29, 1.82) is 0 Å². The van der Waals surface area contributed by atoms with Gasteiger partial charge in [0, 0.05) is 11.4 Å². The summed E-state index contributed by atoms with van der Waals surface area (Å²) in [6.07, 6.45) is 1.94. The summed E-state index contributed by atoms with van der Waals surface area (Å²) < 4.78 is 0. The van der Waals surface area contributed by atoms with E-state index < -0.39 is 5.97 Å². The van der Waals surface area contributed by atoms with Crippen LogP contribution in [-0.4, -0.2) is 11.1 Å². The number of aryl methyl sites for hydroxylation is 1. The van der Waals surface area contributed by atoms with Gasteiger partial charge in [-0.15, -0.1) is 0 Å². The van der Waals surface area contributed by atoms with Gasteiger partial charge in [-0.1, -0.05) is 31.5 Å². The van der Waals surface area contributed by atoms with Gasteiger partial charge in [-0.2, -0.15) is 0 Å². The molecule has 1 atom stereocenters. The van der Waals surface area contributed by atoms with Gasteiger partial charge >= 0.3 is 5.97 Å². The van der Waals surface area contributed by atoms with Gasteiger partial charge in [-0.3, -0.25) is 4.79 Å². The van der Waals surface area contributed by atoms with Crippen LogP contribution in [0.4, 0.5) is 0 Å². The smallest absolute Gasteiger partial charge is 0.303 e. The summed E-state index contributed by atoms with van der Waals surface area (Å²) in [5.41, 5.74) is 2.42. The van der Waals surface area contributed by atoms with Crippen LogP contribution in [0.5, 0.6) is 0 Å². The molecule has 1 N–H and O–H groups in total. The van der Waals surface area contributed by atoms with E-state index in [2.05, 4.69) is 6.92 Å². The Balaban J connectivity index is 2.76. The van der Waals surface area contributed by atoms with Crippen LogP contribution in [0.3, 0.4) is 0 Å². The van der Waals surface area contributed by atoms with E-state index in [1.165, 1.54) is 11.1 Å². The molecule has 0 aliphatic rings. The number of aliphatic carboxylic acids is 1. The highest BCUT2D eigenvalue weighted by atomic mass is 35.5. The molecule has 0 bridgehead atoms. The molecule has 0 radical (unpaired) electrons. The second kappa shape index (κ2) is 5.90. The Morgan fingerprint density at radius 1 is 1.44 bits per heavy atom. The molecule has 88 valence electrons. The van der Waals surface area contributed by atoms with Crippen LogP contribution in [0.1, 0.15) is 31.4 Å². The lowest BCUT2D eigenvalue weighted by molar-refractivity contribution is -0.137. The number of carboxylic acid groups (broad SMARTS) is 1. The predicted octanol–water partition coefficient (Wildman–Crippen LogP) is 3.56. The number of carbonyl (C=O) groups is 1. The van der Waals surface area contributed by atoms with Gasteiger partial charge in [0.15, 0.2) is 0 Å². The number of halogens is 1. The fourth-order valence-electron chi connectivity index (χ4n) is 1.87. The average molecular weight is 241 g/mol. The van der Waals surface area contributed by atoms with Crippen molar-refractivity contribution in [1.82, 2.24) is 0 Å². The maximum atomic E-state index is 10.6. The van der Waals surface area contributed by atoms with Crippen LogP contribution in [0.2, 0.25) is 5.02 Å². The van der Waals surface area contributed by atoms with Crippen molar-refractivity contribution in [3.63, 3.8) is 0 Å². The number of carboxylic acids is 1. The monoisotopic (exact) mass is 240 g/mol. The van der Waals surface area contributed by atoms with E-state index in [1.807, 2.05) is 25.1 Å². The quantitative estimate of drug-likeness (QED) is 0.855. The highest BCUT2D eigenvalue weighted by Crippen LogP contribution is 2.20. The summed E-state index contributed by atoms with van der Waals surface area (Å²) in [6.45, 7) is 4.04. The molecule has 3 heteroatoms. The highest BCUT2D eigenvalue weighted by Gasteiger charge is 2.10. The summed E-state index contributed by atoms with van der Waals surface area (Å²) in [4.78, 5) is 10.6. The van der Waals surface area contributed by atoms with Crippen molar-refractivity contribution in [2.24, 2.45) is 5.92 Å². The molecule has 0 amide bonds. The molecule has 0 aliphatic carbocycles. The molecule has 16 heavy (non-hydrogen) atoms.